The molecular formula is C12H10N4O5S. The predicted octanol–water partition coefficient (Wildman–Crippen LogP) is 1.68. The van der Waals surface area contributed by atoms with E-state index in [1.807, 2.05) is 0 Å². The van der Waals surface area contributed by atoms with E-state index in [2.05, 4.69) is 15.5 Å². The van der Waals surface area contributed by atoms with E-state index in [4.69, 9.17) is 4.55 Å². The average molecular weight is 322 g/mol. The lowest BCUT2D eigenvalue weighted by atomic mass is 10.2. The van der Waals surface area contributed by atoms with E-state index in [0.717, 1.165) is 6.20 Å². The molecule has 1 heterocycles. The van der Waals surface area contributed by atoms with Crippen molar-refractivity contribution in [1.29, 1.82) is 0 Å². The Morgan fingerprint density at radius 2 is 2.00 bits per heavy atom. The van der Waals surface area contributed by atoms with Gasteiger partial charge in [0.25, 0.3) is 15.8 Å². The smallest absolute Gasteiger partial charge is 0.282 e. The largest absolute Gasteiger partial charge is 0.295 e. The Bertz CT molecular complexity index is 818. The summed E-state index contributed by atoms with van der Waals surface area (Å²) >= 11 is 0. The van der Waals surface area contributed by atoms with Crippen molar-refractivity contribution in [3.05, 3.63) is 58.3 Å². The van der Waals surface area contributed by atoms with Crippen molar-refractivity contribution in [1.82, 2.24) is 4.98 Å². The first-order chi connectivity index (χ1) is 10.4. The summed E-state index contributed by atoms with van der Waals surface area (Å²) in [5.74, 6) is 0.242. The third kappa shape index (κ3) is 3.84. The van der Waals surface area contributed by atoms with Gasteiger partial charge in [0.05, 0.1) is 11.1 Å². The summed E-state index contributed by atoms with van der Waals surface area (Å²) in [7, 11) is -4.35. The number of benzene rings is 1. The minimum absolute atomic E-state index is 0.161. The second-order valence-corrected chi connectivity index (χ2v) is 5.43. The lowest BCUT2D eigenvalue weighted by molar-refractivity contribution is -0.385. The number of nitrogens with zero attached hydrogens (tertiary/aromatic N) is 3. The molecule has 0 saturated heterocycles. The quantitative estimate of drug-likeness (QED) is 0.370. The molecule has 9 nitrogen and oxygen atoms in total. The van der Waals surface area contributed by atoms with Gasteiger partial charge in [0, 0.05) is 11.6 Å². The van der Waals surface area contributed by atoms with Gasteiger partial charge in [-0.2, -0.15) is 13.5 Å². The summed E-state index contributed by atoms with van der Waals surface area (Å²) in [6.45, 7) is 0. The number of rotatable bonds is 5. The SMILES string of the molecule is O=[N+]([O-])c1ccc(NN=Cc2ccccc2S(=O)(=O)O)nc1. The highest BCUT2D eigenvalue weighted by Crippen LogP contribution is 2.14. The molecule has 1 aromatic heterocycles. The molecule has 1 aromatic carbocycles. The molecule has 0 fully saturated rings. The van der Waals surface area contributed by atoms with E-state index >= 15 is 0 Å². The fraction of sp³-hybridized carbons (Fsp3) is 0. The van der Waals surface area contributed by atoms with E-state index in [0.29, 0.717) is 0 Å². The maximum absolute atomic E-state index is 11.2. The van der Waals surface area contributed by atoms with Crippen LogP contribution in [0.1, 0.15) is 5.56 Å². The summed E-state index contributed by atoms with van der Waals surface area (Å²) in [6.07, 6.45) is 2.25. The number of nitrogens with one attached hydrogen (secondary N) is 1. The first kappa shape index (κ1) is 15.5. The molecule has 2 N–H and O–H groups in total. The first-order valence-electron chi connectivity index (χ1n) is 5.84. The minimum atomic E-state index is -4.35. The molecule has 22 heavy (non-hydrogen) atoms. The molecule has 0 saturated carbocycles. The third-order valence-corrected chi connectivity index (χ3v) is 3.47. The van der Waals surface area contributed by atoms with E-state index in [1.165, 1.54) is 36.5 Å². The highest BCUT2D eigenvalue weighted by Gasteiger charge is 2.13. The Hall–Kier alpha value is -2.85. The molecule has 10 heteroatoms. The fourth-order valence-corrected chi connectivity index (χ4v) is 2.22. The Balaban J connectivity index is 2.15. The van der Waals surface area contributed by atoms with Crippen molar-refractivity contribution >= 4 is 27.8 Å². The van der Waals surface area contributed by atoms with Gasteiger partial charge in [-0.15, -0.1) is 0 Å². The molecule has 0 amide bonds. The van der Waals surface area contributed by atoms with Crippen LogP contribution in [0.25, 0.3) is 0 Å². The topological polar surface area (TPSA) is 135 Å². The van der Waals surface area contributed by atoms with Crippen LogP contribution in [0.2, 0.25) is 0 Å². The molecule has 0 bridgehead atoms. The zero-order valence-electron chi connectivity index (χ0n) is 10.9. The van der Waals surface area contributed by atoms with Gasteiger partial charge in [-0.05, 0) is 12.1 Å². The van der Waals surface area contributed by atoms with Crippen LogP contribution in [0.15, 0.2) is 52.6 Å². The van der Waals surface area contributed by atoms with Crippen LogP contribution in [-0.4, -0.2) is 29.1 Å². The first-order valence-corrected chi connectivity index (χ1v) is 7.28. The summed E-state index contributed by atoms with van der Waals surface area (Å²) in [5.41, 5.74) is 2.52. The summed E-state index contributed by atoms with van der Waals surface area (Å²) in [5, 5.41) is 14.3. The molecule has 0 unspecified atom stereocenters. The maximum Gasteiger partial charge on any atom is 0.295 e. The zero-order chi connectivity index (χ0) is 16.2. The summed E-state index contributed by atoms with van der Waals surface area (Å²) < 4.78 is 31.5. The lowest BCUT2D eigenvalue weighted by Gasteiger charge is -2.02. The maximum atomic E-state index is 11.2. The Morgan fingerprint density at radius 3 is 2.59 bits per heavy atom. The number of anilines is 1. The predicted molar refractivity (Wildman–Crippen MR) is 78.4 cm³/mol. The molecule has 114 valence electrons. The third-order valence-electron chi connectivity index (χ3n) is 2.54. The standard InChI is InChI=1S/C12H10N4O5S/c17-16(18)10-5-6-12(13-8-10)15-14-7-9-3-1-2-4-11(9)22(19,20)21/h1-8H,(H,13,15)(H,19,20,21). The second-order valence-electron chi connectivity index (χ2n) is 4.04. The highest BCUT2D eigenvalue weighted by atomic mass is 32.2. The Labute approximate surface area is 125 Å². The van der Waals surface area contributed by atoms with Crippen LogP contribution in [0, 0.1) is 10.1 Å². The van der Waals surface area contributed by atoms with Gasteiger partial charge in [-0.25, -0.2) is 4.98 Å². The number of hydrogen-bond donors (Lipinski definition) is 2. The molecular weight excluding hydrogens is 312 g/mol. The zero-order valence-corrected chi connectivity index (χ0v) is 11.8. The van der Waals surface area contributed by atoms with Crippen molar-refractivity contribution in [2.24, 2.45) is 5.10 Å². The van der Waals surface area contributed by atoms with Gasteiger partial charge in [-0.3, -0.25) is 20.1 Å². The lowest BCUT2D eigenvalue weighted by Crippen LogP contribution is -2.03. The van der Waals surface area contributed by atoms with Gasteiger partial charge < -0.3 is 0 Å². The number of hydrogen-bond acceptors (Lipinski definition) is 7. The van der Waals surface area contributed by atoms with Crippen LogP contribution in [-0.2, 0) is 10.1 Å². The fourth-order valence-electron chi connectivity index (χ4n) is 1.55. The number of pyridine rings is 1. The number of aromatic nitrogens is 1. The summed E-state index contributed by atoms with van der Waals surface area (Å²) in [6, 6.07) is 8.34. The average Bonchev–Trinajstić information content (AvgIpc) is 2.47. The molecule has 0 radical (unpaired) electrons. The molecule has 0 spiro atoms. The minimum Gasteiger partial charge on any atom is -0.282 e. The molecule has 0 aliphatic carbocycles. The van der Waals surface area contributed by atoms with E-state index in [1.54, 1.807) is 6.07 Å². The summed E-state index contributed by atoms with van der Waals surface area (Å²) in [4.78, 5) is 13.4. The molecule has 2 rings (SSSR count). The number of nitro groups is 1. The monoisotopic (exact) mass is 322 g/mol. The van der Waals surface area contributed by atoms with Crippen LogP contribution in [0.3, 0.4) is 0 Å². The van der Waals surface area contributed by atoms with Crippen molar-refractivity contribution in [3.63, 3.8) is 0 Å². The second kappa shape index (κ2) is 6.28. The normalized spacial score (nSPS) is 11.5. The van der Waals surface area contributed by atoms with E-state index < -0.39 is 15.0 Å². The van der Waals surface area contributed by atoms with Crippen LogP contribution in [0.5, 0.6) is 0 Å². The van der Waals surface area contributed by atoms with Crippen LogP contribution in [0.4, 0.5) is 11.5 Å². The van der Waals surface area contributed by atoms with Gasteiger partial charge in [0.15, 0.2) is 0 Å². The van der Waals surface area contributed by atoms with Crippen molar-refractivity contribution in [2.45, 2.75) is 4.90 Å². The van der Waals surface area contributed by atoms with Gasteiger partial charge >= 0.3 is 0 Å². The van der Waals surface area contributed by atoms with Gasteiger partial charge in [0.2, 0.25) is 0 Å². The Morgan fingerprint density at radius 1 is 1.27 bits per heavy atom. The van der Waals surface area contributed by atoms with Crippen molar-refractivity contribution in [2.75, 3.05) is 5.43 Å². The molecule has 2 aromatic rings. The van der Waals surface area contributed by atoms with Gasteiger partial charge in [0.1, 0.15) is 16.9 Å². The highest BCUT2D eigenvalue weighted by molar-refractivity contribution is 7.86. The molecule has 0 atom stereocenters. The van der Waals surface area contributed by atoms with Crippen LogP contribution >= 0.6 is 0 Å². The van der Waals surface area contributed by atoms with E-state index in [9.17, 15) is 18.5 Å². The molecule has 0 aliphatic heterocycles. The van der Waals surface area contributed by atoms with Crippen LogP contribution < -0.4 is 5.43 Å². The van der Waals surface area contributed by atoms with E-state index in [-0.39, 0.29) is 22.0 Å². The van der Waals surface area contributed by atoms with Crippen molar-refractivity contribution in [3.8, 4) is 0 Å². The van der Waals surface area contributed by atoms with Gasteiger partial charge in [-0.1, -0.05) is 18.2 Å². The number of hydrazone groups is 1. The van der Waals surface area contributed by atoms with Crippen molar-refractivity contribution < 1.29 is 17.9 Å². The Kier molecular flexibility index (Phi) is 4.44. The molecule has 0 aliphatic rings.